The van der Waals surface area contributed by atoms with Crippen molar-refractivity contribution >= 4 is 34.1 Å². The zero-order chi connectivity index (χ0) is 8.72. The van der Waals surface area contributed by atoms with Crippen LogP contribution in [0.25, 0.3) is 10.1 Å². The highest BCUT2D eigenvalue weighted by Crippen LogP contribution is 2.33. The molecule has 0 unspecified atom stereocenters. The van der Waals surface area contributed by atoms with Gasteiger partial charge in [0.15, 0.2) is 0 Å². The minimum absolute atomic E-state index is 0.314. The van der Waals surface area contributed by atoms with Crippen LogP contribution in [0.5, 0.6) is 5.75 Å². The van der Waals surface area contributed by atoms with E-state index >= 15 is 0 Å². The average Bonchev–Trinajstić information content (AvgIpc) is 2.33. The number of phenols is 1. The Bertz CT molecular complexity index is 431. The van der Waals surface area contributed by atoms with Crippen LogP contribution in [0.15, 0.2) is 22.4 Å². The number of benzene rings is 1. The lowest BCUT2D eigenvalue weighted by molar-refractivity contribution is 0.476. The van der Waals surface area contributed by atoms with Gasteiger partial charge in [-0.3, -0.25) is 0 Å². The van der Waals surface area contributed by atoms with E-state index in [1.165, 1.54) is 4.70 Å². The van der Waals surface area contributed by atoms with Crippen molar-refractivity contribution in [2.45, 2.75) is 11.8 Å². The fraction of sp³-hybridized carbons (Fsp3) is 0.111. The summed E-state index contributed by atoms with van der Waals surface area (Å²) < 4.78 is 1.21. The lowest BCUT2D eigenvalue weighted by Crippen LogP contribution is -1.72. The molecule has 0 amide bonds. The summed E-state index contributed by atoms with van der Waals surface area (Å²) in [5.74, 6) is 0.314. The molecule has 0 radical (unpaired) electrons. The van der Waals surface area contributed by atoms with Crippen LogP contribution in [0.3, 0.4) is 0 Å². The quantitative estimate of drug-likeness (QED) is 0.620. The normalized spacial score (nSPS) is 10.8. The second kappa shape index (κ2) is 2.68. The zero-order valence-corrected chi connectivity index (χ0v) is 8.25. The molecule has 1 aromatic carbocycles. The van der Waals surface area contributed by atoms with Gasteiger partial charge in [-0.1, -0.05) is 0 Å². The number of hydrogen-bond acceptors (Lipinski definition) is 3. The summed E-state index contributed by atoms with van der Waals surface area (Å²) in [7, 11) is 0. The van der Waals surface area contributed by atoms with Crippen molar-refractivity contribution in [3.8, 4) is 5.75 Å². The first-order valence-electron chi connectivity index (χ1n) is 3.58. The Morgan fingerprint density at radius 3 is 2.92 bits per heavy atom. The van der Waals surface area contributed by atoms with Gasteiger partial charge in [-0.25, -0.2) is 0 Å². The van der Waals surface area contributed by atoms with Crippen molar-refractivity contribution in [3.05, 3.63) is 23.1 Å². The first kappa shape index (κ1) is 7.95. The van der Waals surface area contributed by atoms with E-state index in [0.717, 1.165) is 15.8 Å². The topological polar surface area (TPSA) is 20.2 Å². The highest BCUT2D eigenvalue weighted by atomic mass is 32.1. The van der Waals surface area contributed by atoms with Crippen LogP contribution in [0.2, 0.25) is 0 Å². The number of rotatable bonds is 0. The minimum Gasteiger partial charge on any atom is -0.508 e. The number of aromatic hydroxyl groups is 1. The lowest BCUT2D eigenvalue weighted by Gasteiger charge is -1.97. The number of aryl methyl sites for hydroxylation is 1. The number of hydrogen-bond donors (Lipinski definition) is 2. The molecular weight excluding hydrogens is 188 g/mol. The van der Waals surface area contributed by atoms with Crippen LogP contribution in [0, 0.1) is 6.92 Å². The van der Waals surface area contributed by atoms with Gasteiger partial charge < -0.3 is 5.11 Å². The Hall–Kier alpha value is -0.670. The lowest BCUT2D eigenvalue weighted by atomic mass is 10.2. The molecule has 0 aliphatic rings. The van der Waals surface area contributed by atoms with Crippen molar-refractivity contribution < 1.29 is 5.11 Å². The highest BCUT2D eigenvalue weighted by Gasteiger charge is 2.04. The first-order chi connectivity index (χ1) is 5.68. The molecule has 0 aliphatic carbocycles. The summed E-state index contributed by atoms with van der Waals surface area (Å²) in [5, 5.41) is 12.4. The molecule has 3 heteroatoms. The van der Waals surface area contributed by atoms with Crippen LogP contribution in [-0.4, -0.2) is 5.11 Å². The number of thiophene rings is 1. The van der Waals surface area contributed by atoms with E-state index in [1.54, 1.807) is 23.5 Å². The van der Waals surface area contributed by atoms with Gasteiger partial charge in [-0.05, 0) is 24.6 Å². The number of phenolic OH excluding ortho intramolecular Hbond substituents is 1. The third-order valence-corrected chi connectivity index (χ3v) is 3.50. The monoisotopic (exact) mass is 196 g/mol. The first-order valence-corrected chi connectivity index (χ1v) is 4.91. The molecule has 1 aromatic heterocycles. The molecule has 0 bridgehead atoms. The maximum atomic E-state index is 9.32. The molecule has 1 N–H and O–H groups in total. The molecule has 2 aromatic rings. The third-order valence-electron chi connectivity index (χ3n) is 1.82. The van der Waals surface area contributed by atoms with Gasteiger partial charge in [-0.15, -0.1) is 24.0 Å². The Balaban J connectivity index is 2.92. The predicted molar refractivity (Wildman–Crippen MR) is 55.5 cm³/mol. The molecule has 0 fully saturated rings. The smallest absolute Gasteiger partial charge is 0.116 e. The minimum atomic E-state index is 0.314. The molecule has 2 rings (SSSR count). The Morgan fingerprint density at radius 2 is 2.17 bits per heavy atom. The average molecular weight is 196 g/mol. The maximum Gasteiger partial charge on any atom is 0.116 e. The molecule has 0 aliphatic heterocycles. The Morgan fingerprint density at radius 1 is 1.42 bits per heavy atom. The van der Waals surface area contributed by atoms with Gasteiger partial charge in [0.25, 0.3) is 0 Å². The van der Waals surface area contributed by atoms with Crippen LogP contribution >= 0.6 is 24.0 Å². The largest absolute Gasteiger partial charge is 0.508 e. The van der Waals surface area contributed by atoms with Gasteiger partial charge in [0.1, 0.15) is 5.75 Å². The Kier molecular flexibility index (Phi) is 1.77. The molecule has 0 spiro atoms. The van der Waals surface area contributed by atoms with Crippen LogP contribution in [0.4, 0.5) is 0 Å². The van der Waals surface area contributed by atoms with Gasteiger partial charge in [-0.2, -0.15) is 0 Å². The van der Waals surface area contributed by atoms with Crippen molar-refractivity contribution in [2.75, 3.05) is 0 Å². The van der Waals surface area contributed by atoms with E-state index in [-0.39, 0.29) is 0 Å². The summed E-state index contributed by atoms with van der Waals surface area (Å²) in [6.07, 6.45) is 0. The molecule has 62 valence electrons. The van der Waals surface area contributed by atoms with Crippen molar-refractivity contribution in [1.29, 1.82) is 0 Å². The molecule has 0 atom stereocenters. The summed E-state index contributed by atoms with van der Waals surface area (Å²) in [6, 6.07) is 3.52. The second-order valence-corrected chi connectivity index (χ2v) is 4.12. The van der Waals surface area contributed by atoms with Crippen LogP contribution < -0.4 is 0 Å². The van der Waals surface area contributed by atoms with E-state index in [1.807, 2.05) is 12.3 Å². The number of fused-ring (bicyclic) bond motifs is 1. The molecule has 0 saturated heterocycles. The number of thiol groups is 1. The highest BCUT2D eigenvalue weighted by molar-refractivity contribution is 7.80. The van der Waals surface area contributed by atoms with E-state index in [0.29, 0.717) is 5.75 Å². The van der Waals surface area contributed by atoms with Crippen LogP contribution in [0.1, 0.15) is 5.56 Å². The second-order valence-electron chi connectivity index (χ2n) is 2.76. The van der Waals surface area contributed by atoms with Gasteiger partial charge in [0.05, 0.1) is 0 Å². The standard InChI is InChI=1S/C9H8OS2/c1-5-2-6(10)3-7-8(11)4-12-9(5)7/h2-4,10-11H,1H3. The van der Waals surface area contributed by atoms with Crippen molar-refractivity contribution in [2.24, 2.45) is 0 Å². The molecule has 12 heavy (non-hydrogen) atoms. The van der Waals surface area contributed by atoms with E-state index in [4.69, 9.17) is 0 Å². The third kappa shape index (κ3) is 1.09. The van der Waals surface area contributed by atoms with Crippen molar-refractivity contribution in [3.63, 3.8) is 0 Å². The van der Waals surface area contributed by atoms with E-state index in [2.05, 4.69) is 12.6 Å². The fourth-order valence-corrected chi connectivity index (χ4v) is 2.59. The predicted octanol–water partition coefficient (Wildman–Crippen LogP) is 3.20. The van der Waals surface area contributed by atoms with E-state index < -0.39 is 0 Å². The fourth-order valence-electron chi connectivity index (χ4n) is 1.28. The van der Waals surface area contributed by atoms with Crippen molar-refractivity contribution in [1.82, 2.24) is 0 Å². The molecular formula is C9H8OS2. The SMILES string of the molecule is Cc1cc(O)cc2c(S)csc12. The summed E-state index contributed by atoms with van der Waals surface area (Å²) in [4.78, 5) is 0.939. The summed E-state index contributed by atoms with van der Waals surface area (Å²) in [5.41, 5.74) is 1.11. The summed E-state index contributed by atoms with van der Waals surface area (Å²) >= 11 is 5.96. The van der Waals surface area contributed by atoms with E-state index in [9.17, 15) is 5.11 Å². The van der Waals surface area contributed by atoms with Gasteiger partial charge in [0.2, 0.25) is 0 Å². The van der Waals surface area contributed by atoms with Gasteiger partial charge in [0, 0.05) is 20.4 Å². The molecule has 1 heterocycles. The Labute approximate surface area is 80.1 Å². The molecule has 0 saturated carbocycles. The van der Waals surface area contributed by atoms with Gasteiger partial charge >= 0.3 is 0 Å². The summed E-state index contributed by atoms with van der Waals surface area (Å²) in [6.45, 7) is 1.99. The maximum absolute atomic E-state index is 9.32. The molecule has 1 nitrogen and oxygen atoms in total. The van der Waals surface area contributed by atoms with Crippen LogP contribution in [-0.2, 0) is 0 Å². The zero-order valence-electron chi connectivity index (χ0n) is 6.53.